The van der Waals surface area contributed by atoms with E-state index in [9.17, 15) is 9.59 Å². The second-order valence-electron chi connectivity index (χ2n) is 2.78. The van der Waals surface area contributed by atoms with Crippen molar-refractivity contribution < 1.29 is 14.4 Å². The van der Waals surface area contributed by atoms with Crippen LogP contribution in [0.3, 0.4) is 0 Å². The van der Waals surface area contributed by atoms with Crippen molar-refractivity contribution in [3.63, 3.8) is 0 Å². The number of hydrogen-bond donors (Lipinski definition) is 1. The number of rotatable bonds is 2. The third-order valence-corrected chi connectivity index (χ3v) is 1.52. The minimum Gasteiger partial charge on any atom is -0.349 e. The number of nitrogens with two attached hydrogens (primary N) is 1. The molecule has 1 aromatic rings. The van der Waals surface area contributed by atoms with Crippen LogP contribution in [0.5, 0.6) is 0 Å². The van der Waals surface area contributed by atoms with Gasteiger partial charge >= 0.3 is 12.0 Å². The lowest BCUT2D eigenvalue weighted by Crippen LogP contribution is -2.36. The van der Waals surface area contributed by atoms with Crippen molar-refractivity contribution in [1.82, 2.24) is 10.0 Å². The van der Waals surface area contributed by atoms with Crippen molar-refractivity contribution in [2.75, 3.05) is 0 Å². The Morgan fingerprint density at radius 3 is 2.73 bits per heavy atom. The Labute approximate surface area is 86.6 Å². The third-order valence-electron chi connectivity index (χ3n) is 1.52. The Balaban J connectivity index is 2.67. The number of carbonyl (C=O) groups excluding carboxylic acids is 2. The van der Waals surface area contributed by atoms with Gasteiger partial charge in [-0.2, -0.15) is 0 Å². The number of nitrogens with zero attached hydrogens (tertiary/aromatic N) is 2. The summed E-state index contributed by atoms with van der Waals surface area (Å²) in [5, 5.41) is 0.755. The lowest BCUT2D eigenvalue weighted by molar-refractivity contribution is -0.175. The lowest BCUT2D eigenvalue weighted by atomic mass is 10.3. The summed E-state index contributed by atoms with van der Waals surface area (Å²) in [6.45, 7) is 1.23. The van der Waals surface area contributed by atoms with Crippen LogP contribution in [-0.4, -0.2) is 22.0 Å². The van der Waals surface area contributed by atoms with Crippen LogP contribution >= 0.6 is 0 Å². The molecule has 6 nitrogen and oxygen atoms in total. The molecular weight excluding hydrogens is 198 g/mol. The molecule has 0 aliphatic carbocycles. The summed E-state index contributed by atoms with van der Waals surface area (Å²) < 4.78 is 0. The van der Waals surface area contributed by atoms with Gasteiger partial charge in [-0.3, -0.25) is 9.78 Å². The highest BCUT2D eigenvalue weighted by Crippen LogP contribution is 2.01. The fourth-order valence-electron chi connectivity index (χ4n) is 0.949. The van der Waals surface area contributed by atoms with Gasteiger partial charge in [0.15, 0.2) is 0 Å². The van der Waals surface area contributed by atoms with Crippen LogP contribution in [0.2, 0.25) is 0 Å². The number of aromatic nitrogens is 1. The van der Waals surface area contributed by atoms with Gasteiger partial charge in [-0.05, 0) is 12.1 Å². The standard InChI is InChI=1S/C9H11N3O3/c1-7(13)15-12(9(10)14)6-8-4-2-3-5-11-8/h2-5H,6H2,1H3,(H2,10,14). The molecule has 0 radical (unpaired) electrons. The van der Waals surface area contributed by atoms with Gasteiger partial charge in [-0.1, -0.05) is 6.07 Å². The summed E-state index contributed by atoms with van der Waals surface area (Å²) in [4.78, 5) is 30.1. The minimum atomic E-state index is -0.837. The fraction of sp³-hybridized carbons (Fsp3) is 0.222. The molecule has 0 aliphatic heterocycles. The van der Waals surface area contributed by atoms with E-state index >= 15 is 0 Å². The third kappa shape index (κ3) is 3.63. The molecule has 0 aromatic carbocycles. The molecule has 0 aliphatic rings. The van der Waals surface area contributed by atoms with Crippen LogP contribution in [-0.2, 0) is 16.2 Å². The Bertz CT molecular complexity index is 353. The van der Waals surface area contributed by atoms with Crippen molar-refractivity contribution in [3.05, 3.63) is 30.1 Å². The lowest BCUT2D eigenvalue weighted by Gasteiger charge is -2.17. The number of primary amides is 1. The summed E-state index contributed by atoms with van der Waals surface area (Å²) in [5.41, 5.74) is 5.60. The molecule has 2 amide bonds. The smallest absolute Gasteiger partial charge is 0.348 e. The van der Waals surface area contributed by atoms with Crippen molar-refractivity contribution in [2.45, 2.75) is 13.5 Å². The molecule has 1 aromatic heterocycles. The van der Waals surface area contributed by atoms with Crippen LogP contribution in [0.1, 0.15) is 12.6 Å². The van der Waals surface area contributed by atoms with E-state index in [-0.39, 0.29) is 6.54 Å². The van der Waals surface area contributed by atoms with E-state index < -0.39 is 12.0 Å². The van der Waals surface area contributed by atoms with Crippen LogP contribution in [0, 0.1) is 0 Å². The molecular formula is C9H11N3O3. The molecule has 0 saturated heterocycles. The summed E-state index contributed by atoms with van der Waals surface area (Å²) in [7, 11) is 0. The minimum absolute atomic E-state index is 0.0375. The van der Waals surface area contributed by atoms with Gasteiger partial charge in [-0.25, -0.2) is 4.79 Å². The van der Waals surface area contributed by atoms with Gasteiger partial charge in [0, 0.05) is 13.1 Å². The number of urea groups is 1. The first kappa shape index (κ1) is 11.0. The first-order chi connectivity index (χ1) is 7.09. The molecule has 15 heavy (non-hydrogen) atoms. The Morgan fingerprint density at radius 1 is 1.53 bits per heavy atom. The first-order valence-electron chi connectivity index (χ1n) is 4.25. The largest absolute Gasteiger partial charge is 0.349 e. The van der Waals surface area contributed by atoms with Gasteiger partial charge in [0.25, 0.3) is 0 Å². The fourth-order valence-corrected chi connectivity index (χ4v) is 0.949. The molecule has 80 valence electrons. The highest BCUT2D eigenvalue weighted by molar-refractivity contribution is 5.74. The molecule has 1 rings (SSSR count). The van der Waals surface area contributed by atoms with Gasteiger partial charge < -0.3 is 10.6 Å². The SMILES string of the molecule is CC(=O)ON(Cc1ccccn1)C(N)=O. The van der Waals surface area contributed by atoms with Crippen LogP contribution in [0.15, 0.2) is 24.4 Å². The van der Waals surface area contributed by atoms with E-state index in [0.717, 1.165) is 5.06 Å². The van der Waals surface area contributed by atoms with E-state index in [1.54, 1.807) is 24.4 Å². The monoisotopic (exact) mass is 209 g/mol. The predicted molar refractivity (Wildman–Crippen MR) is 51.1 cm³/mol. The van der Waals surface area contributed by atoms with E-state index in [0.29, 0.717) is 5.69 Å². The quantitative estimate of drug-likeness (QED) is 0.716. The van der Waals surface area contributed by atoms with Crippen molar-refractivity contribution in [2.24, 2.45) is 5.73 Å². The second-order valence-corrected chi connectivity index (χ2v) is 2.78. The number of hydrogen-bond acceptors (Lipinski definition) is 4. The second kappa shape index (κ2) is 4.94. The molecule has 0 fully saturated rings. The van der Waals surface area contributed by atoms with E-state index in [2.05, 4.69) is 9.82 Å². The molecule has 2 N–H and O–H groups in total. The van der Waals surface area contributed by atoms with Gasteiger partial charge in [0.2, 0.25) is 0 Å². The first-order valence-corrected chi connectivity index (χ1v) is 4.25. The maximum absolute atomic E-state index is 10.9. The summed E-state index contributed by atoms with van der Waals surface area (Å²) >= 11 is 0. The Morgan fingerprint density at radius 2 is 2.27 bits per heavy atom. The van der Waals surface area contributed by atoms with E-state index in [4.69, 9.17) is 5.73 Å². The zero-order valence-electron chi connectivity index (χ0n) is 8.21. The molecule has 0 bridgehead atoms. The maximum atomic E-state index is 10.9. The summed E-state index contributed by atoms with van der Waals surface area (Å²) in [6.07, 6.45) is 1.57. The number of carbonyl (C=O) groups is 2. The Hall–Kier alpha value is -2.11. The van der Waals surface area contributed by atoms with Crippen LogP contribution in [0.25, 0.3) is 0 Å². The van der Waals surface area contributed by atoms with Crippen LogP contribution in [0.4, 0.5) is 4.79 Å². The van der Waals surface area contributed by atoms with Crippen LogP contribution < -0.4 is 5.73 Å². The molecule has 0 saturated carbocycles. The van der Waals surface area contributed by atoms with Gasteiger partial charge in [0.1, 0.15) is 6.54 Å². The molecule has 0 atom stereocenters. The molecule has 0 unspecified atom stereocenters. The topological polar surface area (TPSA) is 85.5 Å². The van der Waals surface area contributed by atoms with E-state index in [1.165, 1.54) is 6.92 Å². The average Bonchev–Trinajstić information content (AvgIpc) is 2.17. The zero-order chi connectivity index (χ0) is 11.3. The van der Waals surface area contributed by atoms with Crippen molar-refractivity contribution >= 4 is 12.0 Å². The highest BCUT2D eigenvalue weighted by Gasteiger charge is 2.14. The van der Waals surface area contributed by atoms with Gasteiger partial charge in [-0.15, -0.1) is 5.06 Å². The average molecular weight is 209 g/mol. The molecule has 1 heterocycles. The molecule has 6 heteroatoms. The summed E-state index contributed by atoms with van der Waals surface area (Å²) in [5.74, 6) is -0.607. The van der Waals surface area contributed by atoms with Gasteiger partial charge in [0.05, 0.1) is 5.69 Å². The highest BCUT2D eigenvalue weighted by atomic mass is 16.7. The zero-order valence-corrected chi connectivity index (χ0v) is 8.21. The number of amides is 2. The predicted octanol–water partition coefficient (Wildman–Crippen LogP) is 0.440. The maximum Gasteiger partial charge on any atom is 0.348 e. The van der Waals surface area contributed by atoms with Crippen molar-refractivity contribution in [3.8, 4) is 0 Å². The number of hydroxylamine groups is 2. The Kier molecular flexibility index (Phi) is 3.61. The normalized spacial score (nSPS) is 9.40. The van der Waals surface area contributed by atoms with E-state index in [1.807, 2.05) is 0 Å². The van der Waals surface area contributed by atoms with Crippen molar-refractivity contribution in [1.29, 1.82) is 0 Å². The summed E-state index contributed by atoms with van der Waals surface area (Å²) in [6, 6.07) is 4.36. The number of pyridine rings is 1. The molecule has 0 spiro atoms.